The summed E-state index contributed by atoms with van der Waals surface area (Å²) in [4.78, 5) is 0.231. The highest BCUT2D eigenvalue weighted by molar-refractivity contribution is 7.89. The van der Waals surface area contributed by atoms with E-state index in [4.69, 9.17) is 9.15 Å². The molecule has 0 unspecified atom stereocenters. The molecule has 1 N–H and O–H groups in total. The molecule has 0 amide bonds. The molecular formula is C22H21NO4S. The Labute approximate surface area is 164 Å². The molecule has 144 valence electrons. The number of hydrogen-bond donors (Lipinski definition) is 1. The highest BCUT2D eigenvalue weighted by Gasteiger charge is 2.31. The number of nitrogens with one attached hydrogen (secondary N) is 1. The molecule has 0 spiro atoms. The van der Waals surface area contributed by atoms with E-state index >= 15 is 0 Å². The maximum atomic E-state index is 13.0. The van der Waals surface area contributed by atoms with Crippen LogP contribution in [0.2, 0.25) is 0 Å². The third-order valence-electron chi connectivity index (χ3n) is 4.74. The number of aryl methyl sites for hydroxylation is 1. The van der Waals surface area contributed by atoms with Crippen molar-refractivity contribution in [2.75, 3.05) is 0 Å². The van der Waals surface area contributed by atoms with Crippen LogP contribution in [0.4, 0.5) is 0 Å². The summed E-state index contributed by atoms with van der Waals surface area (Å²) in [6, 6.07) is 17.6. The van der Waals surface area contributed by atoms with E-state index in [9.17, 15) is 8.42 Å². The van der Waals surface area contributed by atoms with Crippen LogP contribution in [-0.4, -0.2) is 14.5 Å². The molecule has 1 heterocycles. The first-order valence-electron chi connectivity index (χ1n) is 9.03. The highest BCUT2D eigenvalue weighted by Crippen LogP contribution is 2.32. The zero-order chi connectivity index (χ0) is 19.6. The summed E-state index contributed by atoms with van der Waals surface area (Å²) in [6.07, 6.45) is 4.97. The lowest BCUT2D eigenvalue weighted by Crippen LogP contribution is -2.38. The Morgan fingerprint density at radius 1 is 1.04 bits per heavy atom. The van der Waals surface area contributed by atoms with Gasteiger partial charge in [-0.1, -0.05) is 54.1 Å². The maximum absolute atomic E-state index is 13.0. The van der Waals surface area contributed by atoms with Crippen molar-refractivity contribution in [1.29, 1.82) is 0 Å². The fourth-order valence-electron chi connectivity index (χ4n) is 3.24. The van der Waals surface area contributed by atoms with E-state index in [1.807, 2.05) is 49.4 Å². The average Bonchev–Trinajstić information content (AvgIpc) is 3.21. The lowest BCUT2D eigenvalue weighted by Gasteiger charge is -2.30. The van der Waals surface area contributed by atoms with Gasteiger partial charge in [0.2, 0.25) is 10.0 Å². The molecule has 0 radical (unpaired) electrons. The molecule has 28 heavy (non-hydrogen) atoms. The van der Waals surface area contributed by atoms with Crippen molar-refractivity contribution in [3.05, 3.63) is 95.5 Å². The van der Waals surface area contributed by atoms with Crippen molar-refractivity contribution < 1.29 is 17.6 Å². The van der Waals surface area contributed by atoms with Crippen LogP contribution < -0.4 is 4.72 Å². The van der Waals surface area contributed by atoms with E-state index in [1.165, 1.54) is 0 Å². The summed E-state index contributed by atoms with van der Waals surface area (Å²) in [5.74, 6) is 0.687. The minimum absolute atomic E-state index is 0.231. The summed E-state index contributed by atoms with van der Waals surface area (Å²) in [5.41, 5.74) is 2.85. The first-order chi connectivity index (χ1) is 13.5. The van der Waals surface area contributed by atoms with Crippen LogP contribution in [-0.2, 0) is 21.4 Å². The minimum atomic E-state index is -3.71. The number of rotatable bonds is 6. The molecule has 2 aromatic carbocycles. The van der Waals surface area contributed by atoms with Crippen molar-refractivity contribution >= 4 is 16.1 Å². The van der Waals surface area contributed by atoms with Crippen molar-refractivity contribution in [3.8, 4) is 0 Å². The molecule has 5 nitrogen and oxygen atoms in total. The van der Waals surface area contributed by atoms with Crippen LogP contribution >= 0.6 is 0 Å². The maximum Gasteiger partial charge on any atom is 0.241 e. The normalized spacial score (nSPS) is 18.8. The summed E-state index contributed by atoms with van der Waals surface area (Å²) in [5, 5.41) is 0. The minimum Gasteiger partial charge on any atom is -0.467 e. The number of ether oxygens (including phenoxy) is 1. The molecule has 0 saturated heterocycles. The smallest absolute Gasteiger partial charge is 0.241 e. The Morgan fingerprint density at radius 2 is 1.82 bits per heavy atom. The van der Waals surface area contributed by atoms with E-state index in [1.54, 1.807) is 36.6 Å². The van der Waals surface area contributed by atoms with Gasteiger partial charge < -0.3 is 9.15 Å². The monoisotopic (exact) mass is 395 g/mol. The molecule has 3 aromatic rings. The summed E-state index contributed by atoms with van der Waals surface area (Å²) in [7, 11) is -3.71. The molecule has 0 aliphatic heterocycles. The van der Waals surface area contributed by atoms with Crippen LogP contribution in [0.3, 0.4) is 0 Å². The Balaban J connectivity index is 1.63. The highest BCUT2D eigenvalue weighted by atomic mass is 32.2. The fraction of sp³-hybridized carbons (Fsp3) is 0.182. The number of hydrogen-bond acceptors (Lipinski definition) is 4. The van der Waals surface area contributed by atoms with E-state index in [0.717, 1.165) is 16.7 Å². The molecule has 1 aromatic heterocycles. The summed E-state index contributed by atoms with van der Waals surface area (Å²) < 4.78 is 40.1. The molecule has 1 aliphatic carbocycles. The zero-order valence-electron chi connectivity index (χ0n) is 15.4. The van der Waals surface area contributed by atoms with Crippen LogP contribution in [0.5, 0.6) is 0 Å². The largest absolute Gasteiger partial charge is 0.467 e. The first-order valence-corrected chi connectivity index (χ1v) is 10.5. The van der Waals surface area contributed by atoms with Crippen LogP contribution in [0, 0.1) is 6.92 Å². The van der Waals surface area contributed by atoms with Gasteiger partial charge in [0, 0.05) is 0 Å². The Bertz CT molecular complexity index is 1070. The van der Waals surface area contributed by atoms with Gasteiger partial charge in [0.1, 0.15) is 12.4 Å². The zero-order valence-corrected chi connectivity index (χ0v) is 16.2. The lowest BCUT2D eigenvalue weighted by atomic mass is 9.91. The molecule has 6 heteroatoms. The molecule has 0 fully saturated rings. The van der Waals surface area contributed by atoms with Gasteiger partial charge in [-0.2, -0.15) is 0 Å². The van der Waals surface area contributed by atoms with Gasteiger partial charge in [0.05, 0.1) is 23.3 Å². The molecular weight excluding hydrogens is 374 g/mol. The van der Waals surface area contributed by atoms with Crippen LogP contribution in [0.25, 0.3) is 6.08 Å². The summed E-state index contributed by atoms with van der Waals surface area (Å²) in [6.45, 7) is 2.18. The molecule has 4 rings (SSSR count). The predicted molar refractivity (Wildman–Crippen MR) is 107 cm³/mol. The number of fused-ring (bicyclic) bond motifs is 1. The van der Waals surface area contributed by atoms with Gasteiger partial charge in [0.15, 0.2) is 0 Å². The van der Waals surface area contributed by atoms with Gasteiger partial charge >= 0.3 is 0 Å². The van der Waals surface area contributed by atoms with E-state index in [-0.39, 0.29) is 11.5 Å². The van der Waals surface area contributed by atoms with Crippen molar-refractivity contribution in [1.82, 2.24) is 4.72 Å². The Kier molecular flexibility index (Phi) is 5.17. The second-order valence-corrected chi connectivity index (χ2v) is 8.47. The second kappa shape index (κ2) is 7.75. The second-order valence-electron chi connectivity index (χ2n) is 6.76. The van der Waals surface area contributed by atoms with E-state index < -0.39 is 22.2 Å². The summed E-state index contributed by atoms with van der Waals surface area (Å²) >= 11 is 0. The van der Waals surface area contributed by atoms with Gasteiger partial charge in [-0.05, 0) is 42.3 Å². The lowest BCUT2D eigenvalue weighted by molar-refractivity contribution is 0.0406. The van der Waals surface area contributed by atoms with Crippen LogP contribution in [0.15, 0.2) is 82.3 Å². The van der Waals surface area contributed by atoms with Crippen molar-refractivity contribution in [3.63, 3.8) is 0 Å². The average molecular weight is 395 g/mol. The van der Waals surface area contributed by atoms with Gasteiger partial charge in [-0.3, -0.25) is 0 Å². The van der Waals surface area contributed by atoms with Crippen molar-refractivity contribution in [2.45, 2.75) is 30.6 Å². The van der Waals surface area contributed by atoms with E-state index in [2.05, 4.69) is 4.72 Å². The first kappa shape index (κ1) is 18.7. The molecule has 0 saturated carbocycles. The Morgan fingerprint density at radius 3 is 2.57 bits per heavy atom. The third-order valence-corrected chi connectivity index (χ3v) is 6.19. The predicted octanol–water partition coefficient (Wildman–Crippen LogP) is 4.22. The quantitative estimate of drug-likeness (QED) is 0.679. The van der Waals surface area contributed by atoms with Crippen molar-refractivity contribution in [2.24, 2.45) is 0 Å². The standard InChI is InChI=1S/C22H21NO4S/c1-16-8-11-19(12-9-16)28(24,25)23-22-20-7-3-2-5-17(20)10-13-21(22)27-15-18-6-4-14-26-18/h2-14,21-23H,15H2,1H3/t21-,22-/m1/s1. The SMILES string of the molecule is Cc1ccc(S(=O)(=O)N[C@@H]2c3ccccc3C=C[C@H]2OCc2ccco2)cc1. The van der Waals surface area contributed by atoms with Gasteiger partial charge in [0.25, 0.3) is 0 Å². The fourth-order valence-corrected chi connectivity index (χ4v) is 4.47. The number of benzene rings is 2. The number of sulfonamides is 1. The molecule has 0 bridgehead atoms. The van der Waals surface area contributed by atoms with Crippen LogP contribution in [0.1, 0.15) is 28.5 Å². The molecule has 1 aliphatic rings. The van der Waals surface area contributed by atoms with Gasteiger partial charge in [-0.25, -0.2) is 13.1 Å². The Hall–Kier alpha value is -2.67. The topological polar surface area (TPSA) is 68.5 Å². The molecule has 2 atom stereocenters. The number of furan rings is 1. The van der Waals surface area contributed by atoms with E-state index in [0.29, 0.717) is 5.76 Å². The third kappa shape index (κ3) is 3.94. The van der Waals surface area contributed by atoms with Gasteiger partial charge in [-0.15, -0.1) is 0 Å².